The van der Waals surface area contributed by atoms with Crippen molar-refractivity contribution < 1.29 is 24.2 Å². The third-order valence-corrected chi connectivity index (χ3v) is 12.4. The van der Waals surface area contributed by atoms with Crippen LogP contribution < -0.4 is 16.0 Å². The number of benzene rings is 5. The van der Waals surface area contributed by atoms with Gasteiger partial charge < -0.3 is 30.7 Å². The van der Waals surface area contributed by atoms with Crippen molar-refractivity contribution in [1.29, 1.82) is 0 Å². The van der Waals surface area contributed by atoms with Gasteiger partial charge in [0.25, 0.3) is 0 Å². The summed E-state index contributed by atoms with van der Waals surface area (Å²) in [6.45, 7) is 0.436. The number of anilines is 2. The smallest absolute Gasteiger partial charge is 0.407 e. The number of aliphatic hydroxyl groups is 1. The predicted molar refractivity (Wildman–Crippen MR) is 251 cm³/mol. The molecule has 1 aliphatic heterocycles. The average molecular weight is 863 g/mol. The first-order valence-corrected chi connectivity index (χ1v) is 22.1. The average Bonchev–Trinajstić information content (AvgIpc) is 3.98. The number of likely N-dealkylation sites (tertiary alicyclic amines) is 1. The first-order valence-electron chi connectivity index (χ1n) is 22.1. The molecule has 4 N–H and O–H groups in total. The maximum atomic E-state index is 14.7. The van der Waals surface area contributed by atoms with Gasteiger partial charge in [0.1, 0.15) is 24.5 Å². The Hall–Kier alpha value is -7.63. The Morgan fingerprint density at radius 3 is 2.03 bits per heavy atom. The zero-order chi connectivity index (χ0) is 44.5. The summed E-state index contributed by atoms with van der Waals surface area (Å²) in [7, 11) is 0. The highest BCUT2D eigenvalue weighted by Crippen LogP contribution is 2.45. The lowest BCUT2D eigenvalue weighted by Gasteiger charge is -2.34. The van der Waals surface area contributed by atoms with Crippen LogP contribution in [-0.4, -0.2) is 63.1 Å². The normalized spacial score (nSPS) is 16.0. The molecular weight excluding hydrogens is 813 g/mol. The van der Waals surface area contributed by atoms with Gasteiger partial charge in [-0.1, -0.05) is 140 Å². The van der Waals surface area contributed by atoms with Gasteiger partial charge >= 0.3 is 6.09 Å². The van der Waals surface area contributed by atoms with Gasteiger partial charge in [-0.25, -0.2) is 9.78 Å². The van der Waals surface area contributed by atoms with E-state index in [-0.39, 0.29) is 30.8 Å². The van der Waals surface area contributed by atoms with Crippen LogP contribution in [0.3, 0.4) is 0 Å². The van der Waals surface area contributed by atoms with E-state index in [1.165, 1.54) is 0 Å². The van der Waals surface area contributed by atoms with Gasteiger partial charge in [-0.15, -0.1) is 0 Å². The number of para-hydroxylation sites is 1. The summed E-state index contributed by atoms with van der Waals surface area (Å²) >= 11 is 0. The number of aliphatic hydroxyl groups excluding tert-OH is 1. The molecule has 7 aromatic rings. The van der Waals surface area contributed by atoms with E-state index < -0.39 is 36.2 Å². The maximum absolute atomic E-state index is 14.7. The van der Waals surface area contributed by atoms with Crippen molar-refractivity contribution in [2.45, 2.75) is 55.3 Å². The van der Waals surface area contributed by atoms with Gasteiger partial charge in [-0.2, -0.15) is 0 Å². The second-order valence-electron chi connectivity index (χ2n) is 16.5. The number of nitrogens with one attached hydrogen (secondary N) is 3. The molecule has 9 rings (SSSR count). The third kappa shape index (κ3) is 9.51. The molecule has 0 bridgehead atoms. The number of carbonyl (C=O) groups excluding carboxylic acids is 3. The molecular formula is C54H50N6O5. The molecule has 0 unspecified atom stereocenters. The lowest BCUT2D eigenvalue weighted by atomic mass is 9.82. The van der Waals surface area contributed by atoms with Crippen molar-refractivity contribution in [2.75, 3.05) is 23.8 Å². The number of amides is 3. The number of aromatic nitrogens is 2. The van der Waals surface area contributed by atoms with Crippen LogP contribution in [0.25, 0.3) is 11.1 Å². The zero-order valence-corrected chi connectivity index (χ0v) is 35.7. The molecule has 0 radical (unpaired) electrons. The number of fused-ring (bicyclic) bond motifs is 3. The summed E-state index contributed by atoms with van der Waals surface area (Å²) in [5.41, 5.74) is 7.80. The lowest BCUT2D eigenvalue weighted by molar-refractivity contribution is -0.138. The van der Waals surface area contributed by atoms with Crippen LogP contribution in [0.4, 0.5) is 16.3 Å². The Labute approximate surface area is 378 Å². The fourth-order valence-electron chi connectivity index (χ4n) is 9.35. The molecule has 1 saturated heterocycles. The quantitative estimate of drug-likeness (QED) is 0.0799. The number of nitrogens with zero attached hydrogens (tertiary/aromatic N) is 3. The van der Waals surface area contributed by atoms with Crippen LogP contribution in [0.5, 0.6) is 0 Å². The standard InChI is InChI=1S/C54H50N6O5/c61-51(37-20-5-2-6-21-37)49(45-28-13-15-31-55-45)50(59-48-30-14-16-32-56-48)42-26-11-12-27-44(42)57-52(62)47-29-17-33-60(47)53(63)46(34-36-18-3-1-4-19-36)58-54(64)65-35-43-40-24-9-7-22-38(40)39-23-8-10-25-41(39)43/h1-16,18-28,30-32,43,46-47,49-51,61H,17,29,33-35H2,(H,56,59)(H,57,62)(H,58,64)/t46-,47-,49+,50-,51-/m0/s1. The molecule has 326 valence electrons. The fourth-order valence-corrected chi connectivity index (χ4v) is 9.35. The summed E-state index contributed by atoms with van der Waals surface area (Å²) in [6.07, 6.45) is 2.91. The van der Waals surface area contributed by atoms with Gasteiger partial charge in [0, 0.05) is 42.7 Å². The fraction of sp³-hybridized carbons (Fsp3) is 0.204. The van der Waals surface area contributed by atoms with Crippen LogP contribution >= 0.6 is 0 Å². The minimum Gasteiger partial charge on any atom is -0.449 e. The number of ether oxygens (including phenoxy) is 1. The van der Waals surface area contributed by atoms with Crippen molar-refractivity contribution in [2.24, 2.45) is 0 Å². The number of hydrogen-bond acceptors (Lipinski definition) is 8. The molecule has 11 heteroatoms. The second kappa shape index (κ2) is 19.8. The van der Waals surface area contributed by atoms with E-state index in [9.17, 15) is 19.5 Å². The van der Waals surface area contributed by atoms with Crippen LogP contribution in [-0.2, 0) is 20.7 Å². The van der Waals surface area contributed by atoms with Crippen LogP contribution in [0.2, 0.25) is 0 Å². The second-order valence-corrected chi connectivity index (χ2v) is 16.5. The van der Waals surface area contributed by atoms with E-state index in [2.05, 4.69) is 45.2 Å². The SMILES string of the molecule is O=C(N[C@@H](Cc1ccccc1)C(=O)N1CCC[C@H]1C(=O)Nc1ccccc1[C@H](Nc1ccccn1)[C@@H](c1ccccn1)[C@@H](O)c1ccccc1)OCC1c2ccccc2-c2ccccc21. The highest BCUT2D eigenvalue weighted by molar-refractivity contribution is 5.99. The van der Waals surface area contributed by atoms with E-state index in [1.807, 2.05) is 146 Å². The molecule has 0 spiro atoms. The number of hydrogen-bond donors (Lipinski definition) is 4. The van der Waals surface area contributed by atoms with E-state index in [0.29, 0.717) is 47.7 Å². The Bertz CT molecular complexity index is 2680. The van der Waals surface area contributed by atoms with Crippen molar-refractivity contribution in [3.63, 3.8) is 0 Å². The Balaban J connectivity index is 0.968. The highest BCUT2D eigenvalue weighted by Gasteiger charge is 2.40. The largest absolute Gasteiger partial charge is 0.449 e. The first kappa shape index (κ1) is 42.7. The van der Waals surface area contributed by atoms with Crippen molar-refractivity contribution in [3.8, 4) is 11.1 Å². The van der Waals surface area contributed by atoms with Crippen molar-refractivity contribution >= 4 is 29.4 Å². The zero-order valence-electron chi connectivity index (χ0n) is 35.7. The van der Waals surface area contributed by atoms with Crippen molar-refractivity contribution in [1.82, 2.24) is 20.2 Å². The molecule has 3 heterocycles. The third-order valence-electron chi connectivity index (χ3n) is 12.4. The van der Waals surface area contributed by atoms with E-state index in [4.69, 9.17) is 9.72 Å². The molecule has 5 atom stereocenters. The molecule has 2 aliphatic rings. The minimum absolute atomic E-state index is 0.0972. The minimum atomic E-state index is -1.01. The molecule has 0 saturated carbocycles. The Morgan fingerprint density at radius 1 is 0.708 bits per heavy atom. The molecule has 11 nitrogen and oxygen atoms in total. The molecule has 65 heavy (non-hydrogen) atoms. The van der Waals surface area contributed by atoms with Crippen molar-refractivity contribution in [3.05, 3.63) is 216 Å². The van der Waals surface area contributed by atoms with Crippen LogP contribution in [0.1, 0.15) is 70.3 Å². The van der Waals surface area contributed by atoms with Gasteiger partial charge in [0.15, 0.2) is 0 Å². The van der Waals surface area contributed by atoms with Crippen LogP contribution in [0, 0.1) is 0 Å². The molecule has 2 aromatic heterocycles. The van der Waals surface area contributed by atoms with E-state index in [0.717, 1.165) is 27.8 Å². The number of pyridine rings is 2. The van der Waals surface area contributed by atoms with E-state index >= 15 is 0 Å². The number of carbonyl (C=O) groups is 3. The summed E-state index contributed by atoms with van der Waals surface area (Å²) in [6, 6.07) is 51.3. The summed E-state index contributed by atoms with van der Waals surface area (Å²) in [4.78, 5) is 53.9. The summed E-state index contributed by atoms with van der Waals surface area (Å²) in [5, 5.41) is 21.8. The number of rotatable bonds is 15. The molecule has 5 aromatic carbocycles. The monoisotopic (exact) mass is 862 g/mol. The van der Waals surface area contributed by atoms with Gasteiger partial charge in [-0.05, 0) is 82.1 Å². The maximum Gasteiger partial charge on any atom is 0.407 e. The topological polar surface area (TPSA) is 146 Å². The predicted octanol–water partition coefficient (Wildman–Crippen LogP) is 9.23. The molecule has 3 amide bonds. The van der Waals surface area contributed by atoms with E-state index in [1.54, 1.807) is 17.3 Å². The lowest BCUT2D eigenvalue weighted by Crippen LogP contribution is -2.53. The summed E-state index contributed by atoms with van der Waals surface area (Å²) in [5.74, 6) is -0.959. The Kier molecular flexibility index (Phi) is 13.0. The van der Waals surface area contributed by atoms with Gasteiger partial charge in [0.05, 0.1) is 18.1 Å². The highest BCUT2D eigenvalue weighted by atomic mass is 16.5. The van der Waals surface area contributed by atoms with Gasteiger partial charge in [0.2, 0.25) is 11.8 Å². The Morgan fingerprint density at radius 2 is 1.34 bits per heavy atom. The first-order chi connectivity index (χ1) is 31.9. The van der Waals surface area contributed by atoms with Gasteiger partial charge in [-0.3, -0.25) is 14.6 Å². The summed E-state index contributed by atoms with van der Waals surface area (Å²) < 4.78 is 5.92. The molecule has 1 aliphatic carbocycles. The molecule has 1 fully saturated rings. The van der Waals surface area contributed by atoms with Crippen LogP contribution in [0.15, 0.2) is 182 Å². The number of alkyl carbamates (subject to hydrolysis) is 1.